The molecule has 0 bridgehead atoms. The molecule has 1 fully saturated rings. The molecule has 0 unspecified atom stereocenters. The third kappa shape index (κ3) is 5.46. The Morgan fingerprint density at radius 3 is 2.19 bits per heavy atom. The molecule has 31 heavy (non-hydrogen) atoms. The zero-order valence-electron chi connectivity index (χ0n) is 18.2. The number of ether oxygens (including phenoxy) is 1. The van der Waals surface area contributed by atoms with Gasteiger partial charge in [-0.15, -0.1) is 0 Å². The highest BCUT2D eigenvalue weighted by Crippen LogP contribution is 2.28. The van der Waals surface area contributed by atoms with Crippen LogP contribution in [0.2, 0.25) is 0 Å². The van der Waals surface area contributed by atoms with E-state index in [-0.39, 0.29) is 28.0 Å². The highest BCUT2D eigenvalue weighted by molar-refractivity contribution is 7.89. The molecule has 0 amide bonds. The summed E-state index contributed by atoms with van der Waals surface area (Å²) in [7, 11) is -5.89. The fraction of sp³-hybridized carbons (Fsp3) is 0.455. The first-order valence-electron chi connectivity index (χ1n) is 10.4. The van der Waals surface area contributed by atoms with E-state index in [1.165, 1.54) is 23.5 Å². The summed E-state index contributed by atoms with van der Waals surface area (Å²) >= 11 is 0. The van der Waals surface area contributed by atoms with E-state index in [2.05, 4.69) is 4.72 Å². The fourth-order valence-electron chi connectivity index (χ4n) is 3.55. The summed E-state index contributed by atoms with van der Waals surface area (Å²) in [4.78, 5) is 0.317. The maximum Gasteiger partial charge on any atom is 0.244 e. The smallest absolute Gasteiger partial charge is 0.244 e. The molecule has 1 saturated heterocycles. The van der Waals surface area contributed by atoms with Crippen molar-refractivity contribution in [3.8, 4) is 5.75 Å². The number of rotatable bonds is 8. The predicted octanol–water partition coefficient (Wildman–Crippen LogP) is 3.47. The van der Waals surface area contributed by atoms with Crippen LogP contribution in [0.3, 0.4) is 0 Å². The minimum atomic E-state index is -3.81. The second-order valence-electron chi connectivity index (χ2n) is 8.00. The molecule has 2 aromatic carbocycles. The van der Waals surface area contributed by atoms with Crippen molar-refractivity contribution >= 4 is 20.0 Å². The molecule has 0 atom stereocenters. The number of methoxy groups -OCH3 is 1. The highest BCUT2D eigenvalue weighted by atomic mass is 32.2. The van der Waals surface area contributed by atoms with Crippen molar-refractivity contribution in [2.24, 2.45) is 0 Å². The van der Waals surface area contributed by atoms with E-state index >= 15 is 0 Å². The molecule has 0 aliphatic carbocycles. The quantitative estimate of drug-likeness (QED) is 0.643. The van der Waals surface area contributed by atoms with Crippen molar-refractivity contribution in [3.05, 3.63) is 53.6 Å². The highest BCUT2D eigenvalue weighted by Gasteiger charge is 2.26. The van der Waals surface area contributed by atoms with Gasteiger partial charge in [0.05, 0.1) is 12.0 Å². The van der Waals surface area contributed by atoms with Crippen LogP contribution in [0.4, 0.5) is 0 Å². The van der Waals surface area contributed by atoms with Gasteiger partial charge in [-0.2, -0.15) is 4.31 Å². The summed E-state index contributed by atoms with van der Waals surface area (Å²) in [6.07, 6.45) is 2.80. The predicted molar refractivity (Wildman–Crippen MR) is 120 cm³/mol. The van der Waals surface area contributed by atoms with Gasteiger partial charge in [0.25, 0.3) is 0 Å². The summed E-state index contributed by atoms with van der Waals surface area (Å²) in [5, 5.41) is 0. The molecular weight excluding hydrogens is 436 g/mol. The topological polar surface area (TPSA) is 92.8 Å². The Morgan fingerprint density at radius 2 is 1.61 bits per heavy atom. The van der Waals surface area contributed by atoms with Gasteiger partial charge in [0.2, 0.25) is 20.0 Å². The first kappa shape index (κ1) is 23.7. The monoisotopic (exact) mass is 466 g/mol. The number of benzene rings is 2. The molecule has 170 valence electrons. The van der Waals surface area contributed by atoms with Gasteiger partial charge in [-0.05, 0) is 54.2 Å². The summed E-state index contributed by atoms with van der Waals surface area (Å²) in [5.41, 5.74) is 1.56. The van der Waals surface area contributed by atoms with Crippen LogP contribution in [-0.4, -0.2) is 41.3 Å². The standard InChI is InChI=1S/C22H30N2O5S2/c1-17(2)19-9-12-21(29-3)22(15-19)30(25,26)23-16-18-7-10-20(11-8-18)31(27,28)24-13-5-4-6-14-24/h7-12,15,17,23H,4-6,13-14,16H2,1-3H3. The van der Waals surface area contributed by atoms with Crippen LogP contribution in [0.5, 0.6) is 5.75 Å². The van der Waals surface area contributed by atoms with Crippen molar-refractivity contribution in [3.63, 3.8) is 0 Å². The van der Waals surface area contributed by atoms with E-state index < -0.39 is 20.0 Å². The van der Waals surface area contributed by atoms with E-state index in [1.807, 2.05) is 19.9 Å². The van der Waals surface area contributed by atoms with Gasteiger partial charge < -0.3 is 4.74 Å². The number of sulfonamides is 2. The van der Waals surface area contributed by atoms with Crippen molar-refractivity contribution in [1.82, 2.24) is 9.03 Å². The lowest BCUT2D eigenvalue weighted by Crippen LogP contribution is -2.35. The fourth-order valence-corrected chi connectivity index (χ4v) is 6.29. The maximum atomic E-state index is 12.9. The lowest BCUT2D eigenvalue weighted by Gasteiger charge is -2.25. The summed E-state index contributed by atoms with van der Waals surface area (Å²) < 4.78 is 60.7. The van der Waals surface area contributed by atoms with Gasteiger partial charge in [-0.25, -0.2) is 21.6 Å². The van der Waals surface area contributed by atoms with Crippen LogP contribution >= 0.6 is 0 Å². The average Bonchev–Trinajstić information content (AvgIpc) is 2.78. The molecule has 2 aromatic rings. The Kier molecular flexibility index (Phi) is 7.41. The Balaban J connectivity index is 1.75. The number of hydrogen-bond acceptors (Lipinski definition) is 5. The number of piperidine rings is 1. The first-order valence-corrected chi connectivity index (χ1v) is 13.3. The van der Waals surface area contributed by atoms with Crippen molar-refractivity contribution in [2.75, 3.05) is 20.2 Å². The van der Waals surface area contributed by atoms with Crippen molar-refractivity contribution in [1.29, 1.82) is 0 Å². The normalized spacial score (nSPS) is 15.9. The Bertz CT molecular complexity index is 1110. The molecule has 3 rings (SSSR count). The van der Waals surface area contributed by atoms with Crippen molar-refractivity contribution < 1.29 is 21.6 Å². The minimum absolute atomic E-state index is 0.0431. The summed E-state index contributed by atoms with van der Waals surface area (Å²) in [6.45, 7) is 5.11. The molecule has 1 aliphatic heterocycles. The largest absolute Gasteiger partial charge is 0.495 e. The molecule has 7 nitrogen and oxygen atoms in total. The zero-order valence-corrected chi connectivity index (χ0v) is 19.8. The van der Waals surface area contributed by atoms with Crippen LogP contribution in [0.1, 0.15) is 50.2 Å². The first-order chi connectivity index (χ1) is 14.6. The second-order valence-corrected chi connectivity index (χ2v) is 11.7. The lowest BCUT2D eigenvalue weighted by molar-refractivity contribution is 0.346. The zero-order chi connectivity index (χ0) is 22.6. The number of nitrogens with one attached hydrogen (secondary N) is 1. The number of hydrogen-bond donors (Lipinski definition) is 1. The molecule has 1 N–H and O–H groups in total. The van der Waals surface area contributed by atoms with Gasteiger partial charge >= 0.3 is 0 Å². The second kappa shape index (κ2) is 9.68. The van der Waals surface area contributed by atoms with Crippen LogP contribution < -0.4 is 9.46 Å². The van der Waals surface area contributed by atoms with Crippen LogP contribution in [-0.2, 0) is 26.6 Å². The van der Waals surface area contributed by atoms with Gasteiger partial charge in [-0.3, -0.25) is 0 Å². The van der Waals surface area contributed by atoms with E-state index in [0.29, 0.717) is 18.7 Å². The Morgan fingerprint density at radius 1 is 0.968 bits per heavy atom. The van der Waals surface area contributed by atoms with E-state index in [4.69, 9.17) is 4.74 Å². The van der Waals surface area contributed by atoms with E-state index in [0.717, 1.165) is 24.8 Å². The van der Waals surface area contributed by atoms with Gasteiger partial charge in [-0.1, -0.05) is 38.5 Å². The number of nitrogens with zero attached hydrogens (tertiary/aromatic N) is 1. The van der Waals surface area contributed by atoms with Gasteiger partial charge in [0.15, 0.2) is 0 Å². The molecule has 1 heterocycles. The molecule has 0 spiro atoms. The Hall–Kier alpha value is -1.94. The lowest BCUT2D eigenvalue weighted by atomic mass is 10.0. The van der Waals surface area contributed by atoms with Gasteiger partial charge in [0, 0.05) is 19.6 Å². The molecule has 1 aliphatic rings. The van der Waals surface area contributed by atoms with Crippen LogP contribution in [0, 0.1) is 0 Å². The minimum Gasteiger partial charge on any atom is -0.495 e. The summed E-state index contributed by atoms with van der Waals surface area (Å²) in [5.74, 6) is 0.453. The molecular formula is C22H30N2O5S2. The van der Waals surface area contributed by atoms with Gasteiger partial charge in [0.1, 0.15) is 10.6 Å². The van der Waals surface area contributed by atoms with Crippen LogP contribution in [0.15, 0.2) is 52.3 Å². The molecule has 0 aromatic heterocycles. The third-order valence-corrected chi connectivity index (χ3v) is 8.82. The SMILES string of the molecule is COc1ccc(C(C)C)cc1S(=O)(=O)NCc1ccc(S(=O)(=O)N2CCCCC2)cc1. The Labute approximate surface area is 185 Å². The average molecular weight is 467 g/mol. The molecule has 0 radical (unpaired) electrons. The van der Waals surface area contributed by atoms with E-state index in [1.54, 1.807) is 24.3 Å². The van der Waals surface area contributed by atoms with Crippen LogP contribution in [0.25, 0.3) is 0 Å². The maximum absolute atomic E-state index is 12.9. The third-order valence-electron chi connectivity index (χ3n) is 5.49. The van der Waals surface area contributed by atoms with E-state index in [9.17, 15) is 16.8 Å². The summed E-state index contributed by atoms with van der Waals surface area (Å²) in [6, 6.07) is 11.5. The molecule has 9 heteroatoms. The van der Waals surface area contributed by atoms with Crippen molar-refractivity contribution in [2.45, 2.75) is 55.4 Å². The molecule has 0 saturated carbocycles.